The number of para-hydroxylation sites is 1. The van der Waals surface area contributed by atoms with Crippen LogP contribution in [-0.2, 0) is 11.2 Å². The van der Waals surface area contributed by atoms with E-state index < -0.39 is 28.5 Å². The lowest BCUT2D eigenvalue weighted by Crippen LogP contribution is -2.26. The number of carbonyl (C=O) groups is 1. The number of hydrogen-bond donors (Lipinski definition) is 2. The van der Waals surface area contributed by atoms with E-state index >= 15 is 0 Å². The summed E-state index contributed by atoms with van der Waals surface area (Å²) in [5.41, 5.74) is 0.487. The van der Waals surface area contributed by atoms with E-state index in [-0.39, 0.29) is 0 Å². The van der Waals surface area contributed by atoms with Gasteiger partial charge in [-0.05, 0) is 24.1 Å². The van der Waals surface area contributed by atoms with Gasteiger partial charge in [-0.1, -0.05) is 36.4 Å². The highest BCUT2D eigenvalue weighted by Crippen LogP contribution is 2.19. The molecule has 0 aliphatic heterocycles. The lowest BCUT2D eigenvalue weighted by Gasteiger charge is -2.12. The standard InChI is InChI=1S/C15H13F2NOS/c16-11-7-4-8-12(17)14(11)18-15(19)13(20)9-10-5-2-1-3-6-10/h1-8,13,20H,9H2,(H,18,19). The number of benzene rings is 2. The zero-order valence-electron chi connectivity index (χ0n) is 10.5. The first-order valence-electron chi connectivity index (χ1n) is 6.05. The van der Waals surface area contributed by atoms with Crippen molar-refractivity contribution in [2.45, 2.75) is 11.7 Å². The molecule has 1 unspecified atom stereocenters. The molecular formula is C15H13F2NOS. The molecule has 20 heavy (non-hydrogen) atoms. The summed E-state index contributed by atoms with van der Waals surface area (Å²) < 4.78 is 26.8. The largest absolute Gasteiger partial charge is 0.320 e. The van der Waals surface area contributed by atoms with Crippen molar-refractivity contribution in [3.63, 3.8) is 0 Å². The summed E-state index contributed by atoms with van der Waals surface area (Å²) in [6.07, 6.45) is 0.381. The zero-order chi connectivity index (χ0) is 14.5. The molecule has 0 radical (unpaired) electrons. The summed E-state index contributed by atoms with van der Waals surface area (Å²) in [4.78, 5) is 11.9. The van der Waals surface area contributed by atoms with Crippen LogP contribution in [0.1, 0.15) is 5.56 Å². The third-order valence-corrected chi connectivity index (χ3v) is 3.20. The molecule has 2 aromatic carbocycles. The number of amides is 1. The molecule has 0 aliphatic carbocycles. The van der Waals surface area contributed by atoms with Crippen LogP contribution < -0.4 is 5.32 Å². The van der Waals surface area contributed by atoms with Crippen LogP contribution in [-0.4, -0.2) is 11.2 Å². The van der Waals surface area contributed by atoms with Crippen molar-refractivity contribution in [3.05, 3.63) is 65.7 Å². The second-order valence-electron chi connectivity index (χ2n) is 4.29. The monoisotopic (exact) mass is 293 g/mol. The molecule has 0 saturated carbocycles. The summed E-state index contributed by atoms with van der Waals surface area (Å²) in [7, 11) is 0. The third kappa shape index (κ3) is 3.57. The summed E-state index contributed by atoms with van der Waals surface area (Å²) in [5.74, 6) is -2.15. The van der Waals surface area contributed by atoms with Gasteiger partial charge in [-0.25, -0.2) is 8.78 Å². The summed E-state index contributed by atoms with van der Waals surface area (Å²) >= 11 is 4.18. The van der Waals surface area contributed by atoms with Gasteiger partial charge in [-0.15, -0.1) is 0 Å². The Balaban J connectivity index is 2.05. The van der Waals surface area contributed by atoms with Crippen LogP contribution in [0.5, 0.6) is 0 Å². The fraction of sp³-hybridized carbons (Fsp3) is 0.133. The quantitative estimate of drug-likeness (QED) is 0.831. The molecule has 0 aromatic heterocycles. The van der Waals surface area contributed by atoms with Gasteiger partial charge >= 0.3 is 0 Å². The van der Waals surface area contributed by atoms with Gasteiger partial charge in [0.05, 0.1) is 5.25 Å². The van der Waals surface area contributed by atoms with Crippen LogP contribution in [0.3, 0.4) is 0 Å². The molecule has 5 heteroatoms. The molecule has 1 amide bonds. The Morgan fingerprint density at radius 1 is 1.05 bits per heavy atom. The number of carbonyl (C=O) groups excluding carboxylic acids is 1. The van der Waals surface area contributed by atoms with E-state index in [1.165, 1.54) is 6.07 Å². The Morgan fingerprint density at radius 2 is 1.65 bits per heavy atom. The van der Waals surface area contributed by atoms with Crippen molar-refractivity contribution >= 4 is 24.2 Å². The number of anilines is 1. The van der Waals surface area contributed by atoms with E-state index in [1.807, 2.05) is 30.3 Å². The molecule has 0 heterocycles. The van der Waals surface area contributed by atoms with Crippen LogP contribution in [0, 0.1) is 11.6 Å². The first-order chi connectivity index (χ1) is 9.58. The number of rotatable bonds is 4. The molecule has 0 bridgehead atoms. The van der Waals surface area contributed by atoms with E-state index in [2.05, 4.69) is 17.9 Å². The Labute approximate surface area is 121 Å². The van der Waals surface area contributed by atoms with Crippen molar-refractivity contribution in [1.82, 2.24) is 0 Å². The average Bonchev–Trinajstić information content (AvgIpc) is 2.44. The highest BCUT2D eigenvalue weighted by atomic mass is 32.1. The van der Waals surface area contributed by atoms with Gasteiger partial charge in [0.2, 0.25) is 5.91 Å². The molecule has 2 nitrogen and oxygen atoms in total. The van der Waals surface area contributed by atoms with Crippen LogP contribution in [0.15, 0.2) is 48.5 Å². The van der Waals surface area contributed by atoms with Gasteiger partial charge in [-0.2, -0.15) is 12.6 Å². The molecule has 1 atom stereocenters. The second kappa shape index (κ2) is 6.52. The van der Waals surface area contributed by atoms with Crippen molar-refractivity contribution < 1.29 is 13.6 Å². The summed E-state index contributed by atoms with van der Waals surface area (Å²) in [6, 6.07) is 12.7. The lowest BCUT2D eigenvalue weighted by atomic mass is 10.1. The first kappa shape index (κ1) is 14.5. The molecule has 0 aliphatic rings. The number of nitrogens with one attached hydrogen (secondary N) is 1. The maximum absolute atomic E-state index is 13.4. The predicted molar refractivity (Wildman–Crippen MR) is 77.9 cm³/mol. The van der Waals surface area contributed by atoms with Gasteiger partial charge in [-0.3, -0.25) is 4.79 Å². The lowest BCUT2D eigenvalue weighted by molar-refractivity contribution is -0.115. The van der Waals surface area contributed by atoms with Crippen LogP contribution in [0.4, 0.5) is 14.5 Å². The number of halogens is 2. The van der Waals surface area contributed by atoms with Crippen LogP contribution in [0.25, 0.3) is 0 Å². The van der Waals surface area contributed by atoms with E-state index in [4.69, 9.17) is 0 Å². The van der Waals surface area contributed by atoms with Gasteiger partial charge < -0.3 is 5.32 Å². The van der Waals surface area contributed by atoms with E-state index in [0.29, 0.717) is 6.42 Å². The fourth-order valence-electron chi connectivity index (χ4n) is 1.75. The van der Waals surface area contributed by atoms with Crippen LogP contribution >= 0.6 is 12.6 Å². The van der Waals surface area contributed by atoms with Gasteiger partial charge in [0.1, 0.15) is 17.3 Å². The molecule has 104 valence electrons. The maximum atomic E-state index is 13.4. The van der Waals surface area contributed by atoms with Crippen molar-refractivity contribution in [2.24, 2.45) is 0 Å². The van der Waals surface area contributed by atoms with Crippen molar-refractivity contribution in [3.8, 4) is 0 Å². The smallest absolute Gasteiger partial charge is 0.237 e. The summed E-state index contributed by atoms with van der Waals surface area (Å²) in [6.45, 7) is 0. The molecule has 2 aromatic rings. The zero-order valence-corrected chi connectivity index (χ0v) is 11.4. The number of thiol groups is 1. The Kier molecular flexibility index (Phi) is 4.74. The molecule has 0 spiro atoms. The predicted octanol–water partition coefficient (Wildman–Crippen LogP) is 3.44. The maximum Gasteiger partial charge on any atom is 0.237 e. The molecule has 2 rings (SSSR count). The highest BCUT2D eigenvalue weighted by Gasteiger charge is 2.18. The fourth-order valence-corrected chi connectivity index (χ4v) is 2.03. The van der Waals surface area contributed by atoms with Crippen molar-refractivity contribution in [2.75, 3.05) is 5.32 Å². The van der Waals surface area contributed by atoms with E-state index in [0.717, 1.165) is 17.7 Å². The molecule has 0 saturated heterocycles. The van der Waals surface area contributed by atoms with E-state index in [1.54, 1.807) is 0 Å². The minimum absolute atomic E-state index is 0.381. The Bertz CT molecular complexity index is 584. The molecule has 1 N–H and O–H groups in total. The molecular weight excluding hydrogens is 280 g/mol. The highest BCUT2D eigenvalue weighted by molar-refractivity contribution is 7.81. The normalized spacial score (nSPS) is 11.9. The van der Waals surface area contributed by atoms with Gasteiger partial charge in [0.25, 0.3) is 0 Å². The minimum atomic E-state index is -0.807. The van der Waals surface area contributed by atoms with Crippen LogP contribution in [0.2, 0.25) is 0 Å². The Morgan fingerprint density at radius 3 is 2.25 bits per heavy atom. The minimum Gasteiger partial charge on any atom is -0.320 e. The molecule has 0 fully saturated rings. The summed E-state index contributed by atoms with van der Waals surface area (Å²) in [5, 5.41) is 1.55. The van der Waals surface area contributed by atoms with Gasteiger partial charge in [0.15, 0.2) is 0 Å². The SMILES string of the molecule is O=C(Nc1c(F)cccc1F)C(S)Cc1ccccc1. The third-order valence-electron chi connectivity index (χ3n) is 2.79. The van der Waals surface area contributed by atoms with E-state index in [9.17, 15) is 13.6 Å². The Hall–Kier alpha value is -1.88. The first-order valence-corrected chi connectivity index (χ1v) is 6.56. The topological polar surface area (TPSA) is 29.1 Å². The average molecular weight is 293 g/mol. The second-order valence-corrected chi connectivity index (χ2v) is 4.91. The van der Waals surface area contributed by atoms with Crippen molar-refractivity contribution in [1.29, 1.82) is 0 Å². The number of hydrogen-bond acceptors (Lipinski definition) is 2. The van der Waals surface area contributed by atoms with Gasteiger partial charge in [0, 0.05) is 0 Å².